The lowest BCUT2D eigenvalue weighted by molar-refractivity contribution is 0.983. The van der Waals surface area contributed by atoms with Crippen LogP contribution in [0.25, 0.3) is 18.8 Å². The highest BCUT2D eigenvalue weighted by atomic mass is 15.1. The maximum absolute atomic E-state index is 4.21. The molecule has 32 heavy (non-hydrogen) atoms. The van der Waals surface area contributed by atoms with Gasteiger partial charge in [-0.1, -0.05) is 63.6 Å². The van der Waals surface area contributed by atoms with Crippen molar-refractivity contribution in [2.75, 3.05) is 4.90 Å². The monoisotopic (exact) mass is 422 g/mol. The van der Waals surface area contributed by atoms with Gasteiger partial charge in [0.15, 0.2) is 0 Å². The molecule has 0 N–H and O–H groups in total. The number of aryl methyl sites for hydroxylation is 3. The minimum Gasteiger partial charge on any atom is -0.318 e. The molecule has 0 radical (unpaired) electrons. The van der Waals surface area contributed by atoms with Crippen molar-refractivity contribution in [1.82, 2.24) is 4.57 Å². The third-order valence-corrected chi connectivity index (χ3v) is 5.86. The Kier molecular flexibility index (Phi) is 7.05. The zero-order chi connectivity index (χ0) is 23.4. The van der Waals surface area contributed by atoms with Gasteiger partial charge in [-0.05, 0) is 85.7 Å². The van der Waals surface area contributed by atoms with Crippen LogP contribution in [-0.2, 0) is 12.8 Å². The van der Waals surface area contributed by atoms with Gasteiger partial charge in [-0.2, -0.15) is 0 Å². The Morgan fingerprint density at radius 3 is 2.19 bits per heavy atom. The first-order valence-corrected chi connectivity index (χ1v) is 11.1. The second-order valence-corrected chi connectivity index (χ2v) is 8.27. The number of allylic oxidation sites excluding steroid dienone is 2. The fourth-order valence-corrected chi connectivity index (χ4v) is 4.42. The second kappa shape index (κ2) is 9.74. The molecular formula is C30H34N2. The first-order chi connectivity index (χ1) is 15.3. The van der Waals surface area contributed by atoms with E-state index in [1.54, 1.807) is 0 Å². The van der Waals surface area contributed by atoms with Crippen LogP contribution in [-0.4, -0.2) is 4.57 Å². The maximum atomic E-state index is 4.21. The molecule has 0 fully saturated rings. The molecule has 0 bridgehead atoms. The minimum absolute atomic E-state index is 0.888. The maximum Gasteiger partial charge on any atom is 0.0516 e. The average molecular weight is 423 g/mol. The first kappa shape index (κ1) is 23.1. The van der Waals surface area contributed by atoms with Crippen LogP contribution in [0.5, 0.6) is 0 Å². The van der Waals surface area contributed by atoms with Gasteiger partial charge in [0.2, 0.25) is 0 Å². The van der Waals surface area contributed by atoms with E-state index in [9.17, 15) is 0 Å². The van der Waals surface area contributed by atoms with Crippen LogP contribution < -0.4 is 15.6 Å². The summed E-state index contributed by atoms with van der Waals surface area (Å²) >= 11 is 0. The predicted octanol–water partition coefficient (Wildman–Crippen LogP) is 6.11. The Morgan fingerprint density at radius 1 is 0.969 bits per heavy atom. The van der Waals surface area contributed by atoms with Gasteiger partial charge in [-0.15, -0.1) is 0 Å². The Labute approximate surface area is 192 Å². The van der Waals surface area contributed by atoms with Crippen molar-refractivity contribution in [3.63, 3.8) is 0 Å². The number of anilines is 1. The van der Waals surface area contributed by atoms with E-state index in [0.29, 0.717) is 0 Å². The summed E-state index contributed by atoms with van der Waals surface area (Å²) < 4.78 is 2.11. The lowest BCUT2D eigenvalue weighted by Gasteiger charge is -2.26. The lowest BCUT2D eigenvalue weighted by atomic mass is 9.95. The summed E-state index contributed by atoms with van der Waals surface area (Å²) in [6.07, 6.45) is 7.70. The number of nitrogens with zero attached hydrogens (tertiary/aromatic N) is 2. The topological polar surface area (TPSA) is 8.17 Å². The number of benzene rings is 2. The van der Waals surface area contributed by atoms with Gasteiger partial charge in [0.25, 0.3) is 0 Å². The molecule has 0 aliphatic carbocycles. The first-order valence-electron chi connectivity index (χ1n) is 11.1. The van der Waals surface area contributed by atoms with Gasteiger partial charge in [0.05, 0.1) is 5.69 Å². The molecule has 0 aliphatic rings. The zero-order valence-corrected chi connectivity index (χ0v) is 19.9. The summed E-state index contributed by atoms with van der Waals surface area (Å²) in [6, 6.07) is 15.3. The number of hydrogen-bond donors (Lipinski definition) is 0. The van der Waals surface area contributed by atoms with E-state index >= 15 is 0 Å². The smallest absolute Gasteiger partial charge is 0.0516 e. The van der Waals surface area contributed by atoms with Crippen LogP contribution in [0.3, 0.4) is 0 Å². The molecule has 2 nitrogen and oxygen atoms in total. The Bertz CT molecular complexity index is 1260. The molecule has 0 aliphatic heterocycles. The average Bonchev–Trinajstić information content (AvgIpc) is 3.08. The van der Waals surface area contributed by atoms with Crippen LogP contribution >= 0.6 is 0 Å². The van der Waals surface area contributed by atoms with E-state index in [0.717, 1.165) is 34.9 Å². The van der Waals surface area contributed by atoms with Gasteiger partial charge in [0.1, 0.15) is 0 Å². The van der Waals surface area contributed by atoms with E-state index in [4.69, 9.17) is 0 Å². The molecule has 3 rings (SSSR count). The number of rotatable bonds is 8. The third-order valence-electron chi connectivity index (χ3n) is 5.86. The lowest BCUT2D eigenvalue weighted by Crippen LogP contribution is -2.23. The van der Waals surface area contributed by atoms with Crippen molar-refractivity contribution in [3.05, 3.63) is 118 Å². The van der Waals surface area contributed by atoms with Crippen molar-refractivity contribution >= 4 is 18.8 Å². The predicted molar refractivity (Wildman–Crippen MR) is 141 cm³/mol. The molecule has 2 heteroatoms. The molecule has 0 spiro atoms. The highest BCUT2D eigenvalue weighted by Gasteiger charge is 2.14. The Balaban J connectivity index is 1.96. The van der Waals surface area contributed by atoms with E-state index in [-0.39, 0.29) is 0 Å². The van der Waals surface area contributed by atoms with Crippen LogP contribution in [0.15, 0.2) is 79.7 Å². The highest BCUT2D eigenvalue weighted by molar-refractivity contribution is 5.67. The van der Waals surface area contributed by atoms with E-state index in [1.165, 1.54) is 33.5 Å². The van der Waals surface area contributed by atoms with Gasteiger partial charge < -0.3 is 9.47 Å². The third kappa shape index (κ3) is 4.55. The number of hydrogen-bond acceptors (Lipinski definition) is 1. The van der Waals surface area contributed by atoms with Crippen LogP contribution in [0.1, 0.15) is 41.7 Å². The summed E-state index contributed by atoms with van der Waals surface area (Å²) in [5.41, 5.74) is 9.59. The van der Waals surface area contributed by atoms with Crippen molar-refractivity contribution in [2.45, 2.75) is 40.5 Å². The summed E-state index contributed by atoms with van der Waals surface area (Å²) in [4.78, 5) is 2.08. The largest absolute Gasteiger partial charge is 0.318 e. The molecular weight excluding hydrogens is 388 g/mol. The fraction of sp³-hybridized carbons (Fsp3) is 0.200. The summed E-state index contributed by atoms with van der Waals surface area (Å²) in [5, 5.41) is 1.91. The van der Waals surface area contributed by atoms with Crippen LogP contribution in [0, 0.1) is 13.8 Å². The second-order valence-electron chi connectivity index (χ2n) is 8.27. The Hall–Kier alpha value is -3.52. The molecule has 1 aromatic heterocycles. The van der Waals surface area contributed by atoms with Gasteiger partial charge in [-0.25, -0.2) is 0 Å². The SMILES string of the molecule is C=CN(C(=C)/C=C\C)c1c(C)cc(Cc2ccc(-n3c(=C)ccc3=C)c(C)c2)cc1CC. The van der Waals surface area contributed by atoms with Crippen LogP contribution in [0.4, 0.5) is 5.69 Å². The van der Waals surface area contributed by atoms with Gasteiger partial charge >= 0.3 is 0 Å². The highest BCUT2D eigenvalue weighted by Crippen LogP contribution is 2.31. The molecule has 0 saturated carbocycles. The molecule has 164 valence electrons. The van der Waals surface area contributed by atoms with Gasteiger partial charge in [0, 0.05) is 28.3 Å². The van der Waals surface area contributed by atoms with Crippen molar-refractivity contribution in [1.29, 1.82) is 0 Å². The summed E-state index contributed by atoms with van der Waals surface area (Å²) in [7, 11) is 0. The van der Waals surface area contributed by atoms with Crippen molar-refractivity contribution in [2.24, 2.45) is 0 Å². The van der Waals surface area contributed by atoms with Gasteiger partial charge in [-0.3, -0.25) is 0 Å². The molecule has 0 atom stereocenters. The molecule has 0 saturated heterocycles. The molecule has 3 aromatic rings. The minimum atomic E-state index is 0.888. The fourth-order valence-electron chi connectivity index (χ4n) is 4.42. The van der Waals surface area contributed by atoms with E-state index in [1.807, 2.05) is 37.4 Å². The Morgan fingerprint density at radius 2 is 1.62 bits per heavy atom. The molecule has 0 unspecified atom stereocenters. The number of aromatic nitrogens is 1. The van der Waals surface area contributed by atoms with E-state index in [2.05, 4.69) is 86.9 Å². The molecule has 1 heterocycles. The van der Waals surface area contributed by atoms with Crippen molar-refractivity contribution in [3.8, 4) is 5.69 Å². The van der Waals surface area contributed by atoms with Crippen LogP contribution in [0.2, 0.25) is 0 Å². The molecule has 2 aromatic carbocycles. The summed E-state index contributed by atoms with van der Waals surface area (Å²) in [5.74, 6) is 0. The normalized spacial score (nSPS) is 11.1. The molecule has 0 amide bonds. The van der Waals surface area contributed by atoms with E-state index < -0.39 is 0 Å². The zero-order valence-electron chi connectivity index (χ0n) is 19.9. The van der Waals surface area contributed by atoms with Crippen molar-refractivity contribution < 1.29 is 0 Å². The quantitative estimate of drug-likeness (QED) is 0.398. The standard InChI is InChI=1S/C30H34N2/c1-9-12-23(6)31(11-3)30-22(5)18-27(20-28(30)10-2)19-26-15-16-29(21(4)17-26)32-24(7)13-14-25(32)8/h9,11-18,20H,3,6-8,10,19H2,1-2,4-5H3/b12-9-. The summed E-state index contributed by atoms with van der Waals surface area (Å²) in [6.45, 7) is 25.0.